The molecule has 11 rings (SSSR count). The predicted molar refractivity (Wildman–Crippen MR) is 235 cm³/mol. The second-order valence-corrected chi connectivity index (χ2v) is 14.7. The molecule has 286 valence electrons. The van der Waals surface area contributed by atoms with Gasteiger partial charge in [0.1, 0.15) is 0 Å². The lowest BCUT2D eigenvalue weighted by Crippen LogP contribution is -2.13. The molecule has 0 aliphatic carbocycles. The van der Waals surface area contributed by atoms with E-state index in [1.165, 1.54) is 0 Å². The average Bonchev–Trinajstić information content (AvgIpc) is 3.82. The van der Waals surface area contributed by atoms with Crippen LogP contribution in [-0.4, -0.2) is 24.1 Å². The molecule has 8 aromatic carbocycles. The topological polar surface area (TPSA) is 48.5 Å². The van der Waals surface area contributed by atoms with Crippen LogP contribution in [0.3, 0.4) is 0 Å². The highest BCUT2D eigenvalue weighted by Crippen LogP contribution is 2.46. The molecule has 60 heavy (non-hydrogen) atoms. The maximum Gasteiger partial charge on any atom is 0.419 e. The third kappa shape index (κ3) is 5.75. The molecule has 0 saturated carbocycles. The zero-order valence-electron chi connectivity index (χ0n) is 31.8. The van der Waals surface area contributed by atoms with Gasteiger partial charge in [0.15, 0.2) is 17.5 Å². The number of alkyl halides is 3. The molecule has 0 fully saturated rings. The van der Waals surface area contributed by atoms with Gasteiger partial charge < -0.3 is 9.13 Å². The van der Waals surface area contributed by atoms with Crippen molar-refractivity contribution < 1.29 is 13.2 Å². The Morgan fingerprint density at radius 2 is 0.783 bits per heavy atom. The molecule has 0 aliphatic heterocycles. The zero-order chi connectivity index (χ0) is 40.4. The molecule has 0 unspecified atom stereocenters. The van der Waals surface area contributed by atoms with Crippen molar-refractivity contribution in [2.45, 2.75) is 6.18 Å². The van der Waals surface area contributed by atoms with Gasteiger partial charge in [0.05, 0.1) is 33.3 Å². The van der Waals surface area contributed by atoms with Gasteiger partial charge in [-0.25, -0.2) is 15.0 Å². The number of hydrogen-bond donors (Lipinski definition) is 0. The fourth-order valence-electron chi connectivity index (χ4n) is 8.65. The lowest BCUT2D eigenvalue weighted by atomic mass is 9.92. The first-order valence-corrected chi connectivity index (χ1v) is 19.6. The maximum atomic E-state index is 16.2. The molecular formula is C52H32F3N5. The summed E-state index contributed by atoms with van der Waals surface area (Å²) in [6.45, 7) is 0. The Morgan fingerprint density at radius 1 is 0.350 bits per heavy atom. The van der Waals surface area contributed by atoms with Crippen molar-refractivity contribution in [1.82, 2.24) is 24.1 Å². The van der Waals surface area contributed by atoms with Crippen LogP contribution in [0.15, 0.2) is 194 Å². The molecule has 8 heteroatoms. The monoisotopic (exact) mass is 783 g/mol. The van der Waals surface area contributed by atoms with E-state index in [0.29, 0.717) is 39.5 Å². The van der Waals surface area contributed by atoms with E-state index in [-0.39, 0.29) is 17.1 Å². The number of hydrogen-bond acceptors (Lipinski definition) is 3. The number of benzene rings is 8. The number of aromatic nitrogens is 5. The Morgan fingerprint density at radius 3 is 1.27 bits per heavy atom. The van der Waals surface area contributed by atoms with Gasteiger partial charge >= 0.3 is 6.18 Å². The lowest BCUT2D eigenvalue weighted by molar-refractivity contribution is -0.136. The molecule has 0 spiro atoms. The third-order valence-corrected chi connectivity index (χ3v) is 11.2. The maximum absolute atomic E-state index is 16.2. The number of para-hydroxylation sites is 4. The van der Waals surface area contributed by atoms with Crippen LogP contribution in [0, 0.1) is 0 Å². The predicted octanol–water partition coefficient (Wildman–Crippen LogP) is 13.8. The summed E-state index contributed by atoms with van der Waals surface area (Å²) in [6, 6.07) is 60.9. The van der Waals surface area contributed by atoms with E-state index in [1.54, 1.807) is 22.8 Å². The molecule has 3 aromatic heterocycles. The summed E-state index contributed by atoms with van der Waals surface area (Å²) < 4.78 is 52.5. The number of rotatable bonds is 6. The minimum absolute atomic E-state index is 0.00224. The number of halogens is 3. The molecule has 0 amide bonds. The molecule has 0 N–H and O–H groups in total. The highest BCUT2D eigenvalue weighted by molar-refractivity contribution is 6.10. The van der Waals surface area contributed by atoms with Gasteiger partial charge in [0.25, 0.3) is 0 Å². The minimum atomic E-state index is -4.78. The van der Waals surface area contributed by atoms with Gasteiger partial charge in [-0.05, 0) is 59.7 Å². The highest BCUT2D eigenvalue weighted by atomic mass is 19.4. The molecule has 0 saturated heterocycles. The molecule has 3 heterocycles. The summed E-state index contributed by atoms with van der Waals surface area (Å²) in [5, 5.41) is 3.82. The van der Waals surface area contributed by atoms with Crippen LogP contribution in [0.1, 0.15) is 5.56 Å². The Kier molecular flexibility index (Phi) is 8.20. The van der Waals surface area contributed by atoms with Gasteiger partial charge in [-0.1, -0.05) is 146 Å². The van der Waals surface area contributed by atoms with Crippen LogP contribution >= 0.6 is 0 Å². The van der Waals surface area contributed by atoms with Crippen LogP contribution in [0.2, 0.25) is 0 Å². The van der Waals surface area contributed by atoms with E-state index in [1.807, 2.05) is 164 Å². The largest absolute Gasteiger partial charge is 0.419 e. The first-order chi connectivity index (χ1) is 29.4. The summed E-state index contributed by atoms with van der Waals surface area (Å²) in [7, 11) is 0. The Labute approximate surface area is 342 Å². The van der Waals surface area contributed by atoms with E-state index >= 15 is 13.2 Å². The molecule has 5 nitrogen and oxygen atoms in total. The summed E-state index contributed by atoms with van der Waals surface area (Å²) in [6.07, 6.45) is -4.78. The molecule has 0 aliphatic rings. The Hall–Kier alpha value is -7.84. The quantitative estimate of drug-likeness (QED) is 0.169. The van der Waals surface area contributed by atoms with E-state index in [0.717, 1.165) is 43.7 Å². The minimum Gasteiger partial charge on any atom is -0.309 e. The van der Waals surface area contributed by atoms with Gasteiger partial charge in [-0.3, -0.25) is 0 Å². The van der Waals surface area contributed by atoms with Crippen molar-refractivity contribution >= 4 is 43.6 Å². The molecule has 0 atom stereocenters. The van der Waals surface area contributed by atoms with E-state index in [2.05, 4.69) is 16.7 Å². The normalized spacial score (nSPS) is 11.9. The smallest absolute Gasteiger partial charge is 0.309 e. The Balaban J connectivity index is 1.25. The summed E-state index contributed by atoms with van der Waals surface area (Å²) in [5.74, 6) is 1.07. The first kappa shape index (κ1) is 35.3. The van der Waals surface area contributed by atoms with Crippen LogP contribution in [-0.2, 0) is 6.18 Å². The fourth-order valence-corrected chi connectivity index (χ4v) is 8.65. The van der Waals surface area contributed by atoms with E-state index < -0.39 is 11.7 Å². The third-order valence-electron chi connectivity index (χ3n) is 11.2. The lowest BCUT2D eigenvalue weighted by Gasteiger charge is -2.22. The van der Waals surface area contributed by atoms with Crippen LogP contribution in [0.25, 0.3) is 100 Å². The second kappa shape index (κ2) is 13.9. The summed E-state index contributed by atoms with van der Waals surface area (Å²) >= 11 is 0. The van der Waals surface area contributed by atoms with Crippen molar-refractivity contribution in [3.05, 3.63) is 200 Å². The van der Waals surface area contributed by atoms with Crippen LogP contribution in [0.5, 0.6) is 0 Å². The standard InChI is InChI=1S/C52H32F3N5/c53-52(54,55)48-40(24-15-29-47(48)60-45-27-13-9-22-38(45)39-23-10-14-28-46(39)60)42-32-35(59-43-25-11-7-20-36(43)37-21-8-12-26-44(37)59)30-31-41(42)51-57-49(33-16-3-1-4-17-33)56-50(58-51)34-18-5-2-6-19-34/h1-32H. The van der Waals surface area contributed by atoms with Crippen LogP contribution in [0.4, 0.5) is 13.2 Å². The summed E-state index contributed by atoms with van der Waals surface area (Å²) in [4.78, 5) is 14.9. The fraction of sp³-hybridized carbons (Fsp3) is 0.0192. The Bertz CT molecular complexity index is 3260. The highest BCUT2D eigenvalue weighted by Gasteiger charge is 2.38. The molecule has 0 radical (unpaired) electrons. The second-order valence-electron chi connectivity index (χ2n) is 14.7. The van der Waals surface area contributed by atoms with Gasteiger partial charge in [-0.15, -0.1) is 0 Å². The van der Waals surface area contributed by atoms with Crippen molar-refractivity contribution in [2.24, 2.45) is 0 Å². The van der Waals surface area contributed by atoms with E-state index in [9.17, 15) is 0 Å². The average molecular weight is 784 g/mol. The van der Waals surface area contributed by atoms with Crippen molar-refractivity contribution in [1.29, 1.82) is 0 Å². The van der Waals surface area contributed by atoms with Crippen molar-refractivity contribution in [3.8, 4) is 56.7 Å². The van der Waals surface area contributed by atoms with Crippen molar-refractivity contribution in [2.75, 3.05) is 0 Å². The SMILES string of the molecule is FC(F)(F)c1c(-c2cc(-n3c4ccccc4c4ccccc43)ccc2-c2nc(-c3ccccc3)nc(-c3ccccc3)n2)cccc1-n1c2ccccc2c2ccccc21. The zero-order valence-corrected chi connectivity index (χ0v) is 31.8. The van der Waals surface area contributed by atoms with Crippen LogP contribution < -0.4 is 0 Å². The number of nitrogens with zero attached hydrogens (tertiary/aromatic N) is 5. The van der Waals surface area contributed by atoms with E-state index in [4.69, 9.17) is 15.0 Å². The van der Waals surface area contributed by atoms with Gasteiger partial charge in [-0.2, -0.15) is 13.2 Å². The molecule has 0 bridgehead atoms. The van der Waals surface area contributed by atoms with Crippen molar-refractivity contribution in [3.63, 3.8) is 0 Å². The summed E-state index contributed by atoms with van der Waals surface area (Å²) in [5.41, 5.74) is 5.46. The number of fused-ring (bicyclic) bond motifs is 6. The molecular weight excluding hydrogens is 752 g/mol. The van der Waals surface area contributed by atoms with Gasteiger partial charge in [0, 0.05) is 43.9 Å². The first-order valence-electron chi connectivity index (χ1n) is 19.6. The van der Waals surface area contributed by atoms with Gasteiger partial charge in [0.2, 0.25) is 0 Å². The molecule has 11 aromatic rings.